The van der Waals surface area contributed by atoms with Gasteiger partial charge in [0.25, 0.3) is 0 Å². The first-order valence-electron chi connectivity index (χ1n) is 16.1. The maximum absolute atomic E-state index is 17.1. The summed E-state index contributed by atoms with van der Waals surface area (Å²) >= 11 is 0. The predicted molar refractivity (Wildman–Crippen MR) is 173 cm³/mol. The average molecular weight is 659 g/mol. The number of oxime groups is 1. The Balaban J connectivity index is 1.32. The Morgan fingerprint density at radius 2 is 2.04 bits per heavy atom. The fraction of sp³-hybridized carbons (Fsp3) is 0.429. The van der Waals surface area contributed by atoms with Gasteiger partial charge in [-0.15, -0.1) is 6.42 Å². The van der Waals surface area contributed by atoms with Crippen LogP contribution in [0.5, 0.6) is 17.6 Å². The molecule has 4 aliphatic heterocycles. The monoisotopic (exact) mass is 658 g/mol. The molecule has 48 heavy (non-hydrogen) atoms. The minimum absolute atomic E-state index is 0.0603. The lowest BCUT2D eigenvalue weighted by molar-refractivity contribution is 0.107. The van der Waals surface area contributed by atoms with Crippen LogP contribution in [0.3, 0.4) is 0 Å². The number of phenols is 1. The lowest BCUT2D eigenvalue weighted by Crippen LogP contribution is -2.43. The lowest BCUT2D eigenvalue weighted by Gasteiger charge is -2.31. The number of benzene rings is 2. The predicted octanol–water partition coefficient (Wildman–Crippen LogP) is 5.52. The number of hydrogen-bond donors (Lipinski definition) is 1. The van der Waals surface area contributed by atoms with Crippen molar-refractivity contribution in [2.75, 3.05) is 44.9 Å². The third-order valence-corrected chi connectivity index (χ3v) is 10.1. The number of alkyl halides is 1. The van der Waals surface area contributed by atoms with Gasteiger partial charge < -0.3 is 24.3 Å². The van der Waals surface area contributed by atoms with Crippen LogP contribution in [0.15, 0.2) is 29.4 Å². The Kier molecular flexibility index (Phi) is 7.43. The zero-order valence-electron chi connectivity index (χ0n) is 26.3. The molecule has 2 aromatic heterocycles. The second-order valence-electron chi connectivity index (χ2n) is 13.0. The highest BCUT2D eigenvalue weighted by Gasteiger charge is 2.49. The first-order chi connectivity index (χ1) is 23.3. The van der Waals surface area contributed by atoms with Crippen LogP contribution < -0.4 is 14.4 Å². The summed E-state index contributed by atoms with van der Waals surface area (Å²) in [5.74, 6) is 1.15. The molecule has 1 N–H and O–H groups in total. The largest absolute Gasteiger partial charge is 0.508 e. The van der Waals surface area contributed by atoms with E-state index in [-0.39, 0.29) is 70.0 Å². The molecule has 0 saturated carbocycles. The van der Waals surface area contributed by atoms with Gasteiger partial charge in [-0.3, -0.25) is 4.90 Å². The summed E-state index contributed by atoms with van der Waals surface area (Å²) in [7, 11) is 1.50. The van der Waals surface area contributed by atoms with Crippen molar-refractivity contribution in [1.82, 2.24) is 19.9 Å². The fourth-order valence-electron chi connectivity index (χ4n) is 7.99. The Labute approximate surface area is 274 Å². The second-order valence-corrected chi connectivity index (χ2v) is 13.0. The van der Waals surface area contributed by atoms with Crippen molar-refractivity contribution in [2.24, 2.45) is 5.16 Å². The van der Waals surface area contributed by atoms with Crippen LogP contribution >= 0.6 is 0 Å². The van der Waals surface area contributed by atoms with E-state index in [4.69, 9.17) is 25.7 Å². The minimum atomic E-state index is -0.947. The summed E-state index contributed by atoms with van der Waals surface area (Å²) in [6.07, 6.45) is 8.78. The van der Waals surface area contributed by atoms with E-state index in [1.165, 1.54) is 31.4 Å². The van der Waals surface area contributed by atoms with Crippen molar-refractivity contribution in [3.63, 3.8) is 0 Å². The number of aromatic hydroxyl groups is 1. The molecule has 0 bridgehead atoms. The van der Waals surface area contributed by atoms with Gasteiger partial charge in [0.2, 0.25) is 5.88 Å². The van der Waals surface area contributed by atoms with Crippen molar-refractivity contribution in [2.45, 2.75) is 56.3 Å². The van der Waals surface area contributed by atoms with Gasteiger partial charge >= 0.3 is 6.01 Å². The molecule has 1 unspecified atom stereocenters. The van der Waals surface area contributed by atoms with Crippen LogP contribution in [0.1, 0.15) is 44.1 Å². The van der Waals surface area contributed by atoms with E-state index in [0.717, 1.165) is 31.5 Å². The number of fused-ring (bicyclic) bond motifs is 4. The van der Waals surface area contributed by atoms with Crippen LogP contribution in [0.4, 0.5) is 19.0 Å². The van der Waals surface area contributed by atoms with E-state index in [0.29, 0.717) is 43.6 Å². The molecule has 3 atom stereocenters. The van der Waals surface area contributed by atoms with E-state index in [1.807, 2.05) is 0 Å². The topological polar surface area (TPSA) is 105 Å². The zero-order valence-corrected chi connectivity index (χ0v) is 26.3. The molecule has 248 valence electrons. The summed E-state index contributed by atoms with van der Waals surface area (Å²) in [6.45, 7) is 2.03. The molecule has 2 aromatic carbocycles. The van der Waals surface area contributed by atoms with Gasteiger partial charge in [0.1, 0.15) is 60.5 Å². The smallest absolute Gasteiger partial charge is 0.319 e. The summed E-state index contributed by atoms with van der Waals surface area (Å²) in [5.41, 5.74) is 0.0218. The van der Waals surface area contributed by atoms with Crippen molar-refractivity contribution in [3.05, 3.63) is 41.5 Å². The number of terminal acetylenes is 1. The van der Waals surface area contributed by atoms with E-state index in [9.17, 15) is 13.9 Å². The summed E-state index contributed by atoms with van der Waals surface area (Å²) in [6, 6.07) is 5.07. The highest BCUT2D eigenvalue weighted by molar-refractivity contribution is 6.04. The van der Waals surface area contributed by atoms with Gasteiger partial charge in [0.15, 0.2) is 5.82 Å². The molecule has 0 amide bonds. The number of rotatable bonds is 5. The SMILES string of the molecule is C#Cc1c(F)ccc2cc(O)cc(-c3nc4c5c(nc(OCC67CCCN6C[C@H](F)C7)nc5c3F)N3CCC/C(=N/OC)C[C@H]3CO4)c12. The quantitative estimate of drug-likeness (QED) is 0.219. The molecule has 0 spiro atoms. The number of hydrogen-bond acceptors (Lipinski definition) is 10. The molecule has 4 aliphatic rings. The van der Waals surface area contributed by atoms with E-state index >= 15 is 4.39 Å². The lowest BCUT2D eigenvalue weighted by atomic mass is 9.95. The minimum Gasteiger partial charge on any atom is -0.508 e. The van der Waals surface area contributed by atoms with Gasteiger partial charge in [0, 0.05) is 36.9 Å². The Morgan fingerprint density at radius 1 is 1.17 bits per heavy atom. The highest BCUT2D eigenvalue weighted by atomic mass is 19.1. The Bertz CT molecular complexity index is 2040. The summed E-state index contributed by atoms with van der Waals surface area (Å²) in [5, 5.41) is 15.7. The van der Waals surface area contributed by atoms with Crippen LogP contribution in [-0.2, 0) is 4.84 Å². The van der Waals surface area contributed by atoms with Gasteiger partial charge in [-0.1, -0.05) is 17.1 Å². The third kappa shape index (κ3) is 4.92. The molecule has 3 fully saturated rings. The van der Waals surface area contributed by atoms with Crippen molar-refractivity contribution < 1.29 is 32.6 Å². The molecule has 6 heterocycles. The number of ether oxygens (including phenoxy) is 2. The molecule has 4 aromatic rings. The van der Waals surface area contributed by atoms with Gasteiger partial charge in [0.05, 0.1) is 22.9 Å². The number of pyridine rings is 1. The highest BCUT2D eigenvalue weighted by Crippen LogP contribution is 2.45. The second kappa shape index (κ2) is 11.7. The van der Waals surface area contributed by atoms with Crippen molar-refractivity contribution in [1.29, 1.82) is 0 Å². The first-order valence-corrected chi connectivity index (χ1v) is 16.1. The maximum atomic E-state index is 17.1. The number of nitrogens with zero attached hydrogens (tertiary/aromatic N) is 6. The van der Waals surface area contributed by atoms with Crippen molar-refractivity contribution >= 4 is 33.2 Å². The molecule has 3 saturated heterocycles. The van der Waals surface area contributed by atoms with E-state index in [1.54, 1.807) is 0 Å². The standard InChI is InChI=1S/C35H33F3N6O4/c1-3-24-26(37)8-7-19-12-23(45)14-25(27(19)24)30-29(38)31-28-32(41-34(40-31)48-18-35-9-5-10-43(35)16-20(36)15-35)44-11-4-6-21(42-46-2)13-22(44)17-47-33(28)39-30/h1,7-8,12,14,20,22,45H,4-6,9-11,13,15-18H2,2H3/b42-21-/t20-,22+,35?/m1/s1. The molecule has 13 heteroatoms. The van der Waals surface area contributed by atoms with Crippen LogP contribution in [0, 0.1) is 24.0 Å². The fourth-order valence-corrected chi connectivity index (χ4v) is 7.99. The molecule has 8 rings (SSSR count). The number of aromatic nitrogens is 3. The maximum Gasteiger partial charge on any atom is 0.319 e. The molecular formula is C35H33F3N6O4. The summed E-state index contributed by atoms with van der Waals surface area (Å²) in [4.78, 5) is 23.3. The number of phenolic OH excluding ortho intramolecular Hbond substituents is 1. The number of anilines is 1. The molecule has 0 radical (unpaired) electrons. The number of halogens is 3. The van der Waals surface area contributed by atoms with Crippen LogP contribution in [0.25, 0.3) is 32.9 Å². The summed E-state index contributed by atoms with van der Waals surface area (Å²) < 4.78 is 59.1. The van der Waals surface area contributed by atoms with Crippen LogP contribution in [0.2, 0.25) is 0 Å². The Morgan fingerprint density at radius 3 is 2.88 bits per heavy atom. The van der Waals surface area contributed by atoms with E-state index in [2.05, 4.69) is 30.8 Å². The van der Waals surface area contributed by atoms with Gasteiger partial charge in [-0.25, -0.2) is 18.2 Å². The average Bonchev–Trinajstić information content (AvgIpc) is 3.46. The molecule has 10 nitrogen and oxygen atoms in total. The molecular weight excluding hydrogens is 625 g/mol. The van der Waals surface area contributed by atoms with Gasteiger partial charge in [-0.05, 0) is 55.8 Å². The first kappa shape index (κ1) is 30.5. The van der Waals surface area contributed by atoms with Crippen LogP contribution in [-0.4, -0.2) is 88.4 Å². The van der Waals surface area contributed by atoms with Crippen molar-refractivity contribution in [3.8, 4) is 41.2 Å². The van der Waals surface area contributed by atoms with E-state index < -0.39 is 23.3 Å². The normalized spacial score (nSPS) is 24.6. The third-order valence-electron chi connectivity index (χ3n) is 10.1. The zero-order chi connectivity index (χ0) is 33.2. The Hall–Kier alpha value is -4.83. The van der Waals surface area contributed by atoms with Gasteiger partial charge in [-0.2, -0.15) is 9.97 Å². The molecule has 0 aliphatic carbocycles.